The van der Waals surface area contributed by atoms with E-state index in [0.29, 0.717) is 0 Å². The fraction of sp³-hybridized carbons (Fsp3) is 0.200. The summed E-state index contributed by atoms with van der Waals surface area (Å²) in [5.41, 5.74) is 13.4. The van der Waals surface area contributed by atoms with Crippen LogP contribution in [0.1, 0.15) is 27.8 Å². The molecule has 0 atom stereocenters. The molecule has 0 unspecified atom stereocenters. The maximum atomic E-state index is 5.75. The topological polar surface area (TPSA) is 26.0 Å². The van der Waals surface area contributed by atoms with Gasteiger partial charge in [0.15, 0.2) is 0 Å². The second-order valence-corrected chi connectivity index (χ2v) is 5.47. The van der Waals surface area contributed by atoms with Crippen LogP contribution >= 0.6 is 0 Å². The Bertz CT molecular complexity index is 640. The highest BCUT2D eigenvalue weighted by molar-refractivity contribution is 5.73. The first-order chi connectivity index (χ1) is 10.1. The van der Waals surface area contributed by atoms with Crippen LogP contribution in [0, 0.1) is 20.8 Å². The fourth-order valence-corrected chi connectivity index (χ4v) is 2.71. The lowest BCUT2D eigenvalue weighted by Gasteiger charge is -2.09. The number of hydrogen-bond donors (Lipinski definition) is 1. The normalized spacial score (nSPS) is 12.0. The lowest BCUT2D eigenvalue weighted by molar-refractivity contribution is 1.15. The molecule has 2 aromatic carbocycles. The maximum absolute atomic E-state index is 5.75. The van der Waals surface area contributed by atoms with Crippen LogP contribution in [-0.4, -0.2) is 0 Å². The predicted octanol–water partition coefficient (Wildman–Crippen LogP) is 4.71. The van der Waals surface area contributed by atoms with Crippen molar-refractivity contribution in [3.8, 4) is 0 Å². The number of nitrogens with two attached hydrogens (primary N) is 1. The van der Waals surface area contributed by atoms with Crippen LogP contribution in [0.4, 0.5) is 0 Å². The summed E-state index contributed by atoms with van der Waals surface area (Å²) in [5, 5.41) is 0. The van der Waals surface area contributed by atoms with Crippen molar-refractivity contribution in [2.24, 2.45) is 5.73 Å². The van der Waals surface area contributed by atoms with Crippen molar-refractivity contribution >= 4 is 5.57 Å². The van der Waals surface area contributed by atoms with Crippen molar-refractivity contribution in [3.63, 3.8) is 0 Å². The molecule has 0 aliphatic carbocycles. The second kappa shape index (κ2) is 6.94. The van der Waals surface area contributed by atoms with Crippen molar-refractivity contribution in [2.45, 2.75) is 27.2 Å². The van der Waals surface area contributed by atoms with Crippen LogP contribution in [0.15, 0.2) is 60.8 Å². The molecule has 2 N–H and O–H groups in total. The standard InChI is InChI=1S/C20H23N/c1-15-12-16(2)20(17(3)13-15)11-7-10-19(14-21)18-8-5-4-6-9-18/h4-10,12-14H,11,21H2,1-3H3/b10-7-,19-14+. The minimum atomic E-state index is 0.933. The average molecular weight is 277 g/mol. The molecule has 0 aliphatic heterocycles. The van der Waals surface area contributed by atoms with Crippen LogP contribution in [0.2, 0.25) is 0 Å². The van der Waals surface area contributed by atoms with Crippen LogP contribution in [-0.2, 0) is 6.42 Å². The predicted molar refractivity (Wildman–Crippen MR) is 92.1 cm³/mol. The molecule has 0 bridgehead atoms. The van der Waals surface area contributed by atoms with Gasteiger partial charge in [0.05, 0.1) is 0 Å². The highest BCUT2D eigenvalue weighted by Gasteiger charge is 2.02. The Balaban J connectivity index is 2.16. The summed E-state index contributed by atoms with van der Waals surface area (Å²) in [6, 6.07) is 14.7. The number of aryl methyl sites for hydroxylation is 3. The monoisotopic (exact) mass is 277 g/mol. The molecule has 2 aromatic rings. The molecule has 0 aromatic heterocycles. The van der Waals surface area contributed by atoms with Gasteiger partial charge in [-0.2, -0.15) is 0 Å². The molecule has 1 heteroatoms. The summed E-state index contributed by atoms with van der Waals surface area (Å²) >= 11 is 0. The van der Waals surface area contributed by atoms with E-state index in [4.69, 9.17) is 5.73 Å². The third-order valence-corrected chi connectivity index (χ3v) is 3.75. The zero-order valence-electron chi connectivity index (χ0n) is 13.1. The van der Waals surface area contributed by atoms with Gasteiger partial charge >= 0.3 is 0 Å². The molecule has 0 heterocycles. The van der Waals surface area contributed by atoms with Gasteiger partial charge in [0.2, 0.25) is 0 Å². The summed E-state index contributed by atoms with van der Waals surface area (Å²) in [7, 11) is 0. The number of rotatable bonds is 4. The van der Waals surface area contributed by atoms with Gasteiger partial charge in [-0.05, 0) is 55.0 Å². The Morgan fingerprint density at radius 2 is 1.62 bits per heavy atom. The summed E-state index contributed by atoms with van der Waals surface area (Å²) < 4.78 is 0. The second-order valence-electron chi connectivity index (χ2n) is 5.47. The lowest BCUT2D eigenvalue weighted by atomic mass is 9.96. The molecule has 108 valence electrons. The Kier molecular flexibility index (Phi) is 4.99. The molecule has 0 saturated carbocycles. The Morgan fingerprint density at radius 3 is 2.19 bits per heavy atom. The van der Waals surface area contributed by atoms with E-state index in [1.807, 2.05) is 18.2 Å². The Labute approximate surface area is 127 Å². The van der Waals surface area contributed by atoms with E-state index in [0.717, 1.165) is 17.6 Å². The van der Waals surface area contributed by atoms with Gasteiger partial charge in [-0.3, -0.25) is 0 Å². The van der Waals surface area contributed by atoms with Crippen LogP contribution in [0.3, 0.4) is 0 Å². The summed E-state index contributed by atoms with van der Waals surface area (Å²) in [5.74, 6) is 0. The highest BCUT2D eigenvalue weighted by atomic mass is 14.5. The van der Waals surface area contributed by atoms with E-state index < -0.39 is 0 Å². The van der Waals surface area contributed by atoms with Gasteiger partial charge in [0, 0.05) is 6.20 Å². The zero-order valence-corrected chi connectivity index (χ0v) is 13.1. The van der Waals surface area contributed by atoms with Gasteiger partial charge in [0.25, 0.3) is 0 Å². The molecule has 0 radical (unpaired) electrons. The minimum Gasteiger partial charge on any atom is -0.404 e. The van der Waals surface area contributed by atoms with Crippen LogP contribution in [0.25, 0.3) is 5.57 Å². The molecule has 1 nitrogen and oxygen atoms in total. The van der Waals surface area contributed by atoms with Gasteiger partial charge in [-0.25, -0.2) is 0 Å². The summed E-state index contributed by atoms with van der Waals surface area (Å²) in [4.78, 5) is 0. The van der Waals surface area contributed by atoms with Crippen LogP contribution in [0.5, 0.6) is 0 Å². The Morgan fingerprint density at radius 1 is 1.00 bits per heavy atom. The first-order valence-electron chi connectivity index (χ1n) is 7.32. The van der Waals surface area contributed by atoms with E-state index in [2.05, 4.69) is 57.2 Å². The van der Waals surface area contributed by atoms with E-state index in [-0.39, 0.29) is 0 Å². The fourth-order valence-electron chi connectivity index (χ4n) is 2.71. The third-order valence-electron chi connectivity index (χ3n) is 3.75. The minimum absolute atomic E-state index is 0.933. The zero-order chi connectivity index (χ0) is 15.2. The molecule has 0 aliphatic rings. The van der Waals surface area contributed by atoms with Crippen molar-refractivity contribution in [1.82, 2.24) is 0 Å². The first-order valence-corrected chi connectivity index (χ1v) is 7.32. The van der Waals surface area contributed by atoms with Gasteiger partial charge in [0.1, 0.15) is 0 Å². The van der Waals surface area contributed by atoms with E-state index in [1.54, 1.807) is 6.20 Å². The number of benzene rings is 2. The van der Waals surface area contributed by atoms with E-state index in [9.17, 15) is 0 Å². The average Bonchev–Trinajstić information content (AvgIpc) is 2.46. The highest BCUT2D eigenvalue weighted by Crippen LogP contribution is 2.19. The molecule has 2 rings (SSSR count). The maximum Gasteiger partial charge on any atom is 0.00174 e. The molecule has 0 spiro atoms. The number of allylic oxidation sites excluding steroid dienone is 3. The molecule has 0 fully saturated rings. The largest absolute Gasteiger partial charge is 0.404 e. The van der Waals surface area contributed by atoms with Crippen LogP contribution < -0.4 is 5.73 Å². The molecule has 0 saturated heterocycles. The lowest BCUT2D eigenvalue weighted by Crippen LogP contribution is -1.94. The van der Waals surface area contributed by atoms with Gasteiger partial charge in [-0.15, -0.1) is 0 Å². The smallest absolute Gasteiger partial charge is 0.00174 e. The molecule has 0 amide bonds. The van der Waals surface area contributed by atoms with Gasteiger partial charge in [-0.1, -0.05) is 60.2 Å². The van der Waals surface area contributed by atoms with Gasteiger partial charge < -0.3 is 5.73 Å². The first kappa shape index (κ1) is 15.1. The quantitative estimate of drug-likeness (QED) is 0.805. The Hall–Kier alpha value is -2.28. The SMILES string of the molecule is Cc1cc(C)c(C/C=C\C(=C/N)c2ccccc2)c(C)c1. The third kappa shape index (κ3) is 3.85. The molecular weight excluding hydrogens is 254 g/mol. The van der Waals surface area contributed by atoms with Crippen molar-refractivity contribution in [3.05, 3.63) is 88.6 Å². The van der Waals surface area contributed by atoms with Crippen molar-refractivity contribution in [1.29, 1.82) is 0 Å². The van der Waals surface area contributed by atoms with Crippen molar-refractivity contribution < 1.29 is 0 Å². The molecule has 21 heavy (non-hydrogen) atoms. The summed E-state index contributed by atoms with van der Waals surface area (Å²) in [6.45, 7) is 6.50. The van der Waals surface area contributed by atoms with Crippen molar-refractivity contribution in [2.75, 3.05) is 0 Å². The van der Waals surface area contributed by atoms with E-state index >= 15 is 0 Å². The summed E-state index contributed by atoms with van der Waals surface area (Å²) in [6.07, 6.45) is 6.90. The number of hydrogen-bond acceptors (Lipinski definition) is 1. The van der Waals surface area contributed by atoms with E-state index in [1.165, 1.54) is 22.3 Å². The molecular formula is C20H23N.